The number of hydrogen-bond acceptors (Lipinski definition) is 3. The van der Waals surface area contributed by atoms with Crippen molar-refractivity contribution in [2.45, 2.75) is 56.8 Å². The Hall–Kier alpha value is -0.973. The van der Waals surface area contributed by atoms with E-state index in [9.17, 15) is 4.79 Å². The molecule has 1 fully saturated rings. The smallest absolute Gasteiger partial charge is 0.169 e. The number of carbonyl (C=O) groups excluding carboxylic acids is 1. The lowest BCUT2D eigenvalue weighted by molar-refractivity contribution is -0.114. The van der Waals surface area contributed by atoms with Gasteiger partial charge in [-0.2, -0.15) is 0 Å². The summed E-state index contributed by atoms with van der Waals surface area (Å²) in [6.07, 6.45) is 0.948. The van der Waals surface area contributed by atoms with E-state index in [0.29, 0.717) is 13.2 Å². The highest BCUT2D eigenvalue weighted by Gasteiger charge is 2.66. The van der Waals surface area contributed by atoms with Crippen molar-refractivity contribution >= 4 is 14.4 Å². The van der Waals surface area contributed by atoms with E-state index in [2.05, 4.69) is 33.9 Å². The topological polar surface area (TPSA) is 38.8 Å². The SMILES string of the molecule is CC(C)(C)[Si](C)(C)[C@H]1O[C@]1(C=O)COCc1ccccc1. The van der Waals surface area contributed by atoms with Gasteiger partial charge in [-0.05, 0) is 10.6 Å². The molecule has 3 nitrogen and oxygen atoms in total. The van der Waals surface area contributed by atoms with E-state index in [1.54, 1.807) is 0 Å². The number of aldehydes is 1. The summed E-state index contributed by atoms with van der Waals surface area (Å²) in [4.78, 5) is 11.5. The maximum atomic E-state index is 11.5. The van der Waals surface area contributed by atoms with Crippen LogP contribution in [-0.4, -0.2) is 32.3 Å². The Balaban J connectivity index is 1.95. The van der Waals surface area contributed by atoms with Gasteiger partial charge in [-0.25, -0.2) is 0 Å². The van der Waals surface area contributed by atoms with Gasteiger partial charge in [0, 0.05) is 0 Å². The Bertz CT molecular complexity index is 493. The second-order valence-corrected chi connectivity index (χ2v) is 13.0. The van der Waals surface area contributed by atoms with Gasteiger partial charge in [0.05, 0.1) is 27.0 Å². The lowest BCUT2D eigenvalue weighted by Gasteiger charge is -2.36. The number of epoxide rings is 1. The first kappa shape index (κ1) is 16.4. The van der Waals surface area contributed by atoms with E-state index in [0.717, 1.165) is 11.8 Å². The molecule has 2 atom stereocenters. The third kappa shape index (κ3) is 3.28. The van der Waals surface area contributed by atoms with Gasteiger partial charge >= 0.3 is 0 Å². The summed E-state index contributed by atoms with van der Waals surface area (Å²) in [7, 11) is -1.69. The molecule has 0 aliphatic carbocycles. The number of hydrogen-bond donors (Lipinski definition) is 0. The maximum absolute atomic E-state index is 11.5. The van der Waals surface area contributed by atoms with Crippen LogP contribution in [0.25, 0.3) is 0 Å². The van der Waals surface area contributed by atoms with Crippen LogP contribution < -0.4 is 0 Å². The fourth-order valence-corrected chi connectivity index (χ4v) is 5.15. The van der Waals surface area contributed by atoms with Crippen LogP contribution in [0.5, 0.6) is 0 Å². The molecule has 0 bridgehead atoms. The summed E-state index contributed by atoms with van der Waals surface area (Å²) in [5.74, 6) is 0. The van der Waals surface area contributed by atoms with Crippen LogP contribution in [0.4, 0.5) is 0 Å². The summed E-state index contributed by atoms with van der Waals surface area (Å²) in [6, 6.07) is 9.99. The van der Waals surface area contributed by atoms with Gasteiger partial charge in [0.2, 0.25) is 0 Å². The largest absolute Gasteiger partial charge is 0.373 e. The highest BCUT2D eigenvalue weighted by atomic mass is 28.3. The zero-order valence-electron chi connectivity index (χ0n) is 13.7. The van der Waals surface area contributed by atoms with Gasteiger partial charge in [0.15, 0.2) is 11.9 Å². The highest BCUT2D eigenvalue weighted by Crippen LogP contribution is 2.50. The first-order valence-electron chi connectivity index (χ1n) is 7.49. The van der Waals surface area contributed by atoms with E-state index in [4.69, 9.17) is 9.47 Å². The molecule has 0 radical (unpaired) electrons. The predicted octanol–water partition coefficient (Wildman–Crippen LogP) is 3.59. The molecule has 1 aliphatic rings. The van der Waals surface area contributed by atoms with Gasteiger partial charge in [-0.3, -0.25) is 4.79 Å². The Morgan fingerprint density at radius 3 is 2.43 bits per heavy atom. The van der Waals surface area contributed by atoms with Gasteiger partial charge in [-0.1, -0.05) is 64.2 Å². The summed E-state index contributed by atoms with van der Waals surface area (Å²) < 4.78 is 11.6. The average Bonchev–Trinajstić information content (AvgIpc) is 3.15. The minimum Gasteiger partial charge on any atom is -0.373 e. The lowest BCUT2D eigenvalue weighted by Crippen LogP contribution is -2.48. The normalized spacial score (nSPS) is 25.7. The number of rotatable bonds is 6. The maximum Gasteiger partial charge on any atom is 0.169 e. The third-order valence-corrected chi connectivity index (χ3v) is 10.7. The van der Waals surface area contributed by atoms with Crippen LogP contribution in [0.2, 0.25) is 18.1 Å². The van der Waals surface area contributed by atoms with E-state index in [1.165, 1.54) is 0 Å². The minimum atomic E-state index is -1.69. The zero-order valence-corrected chi connectivity index (χ0v) is 14.7. The summed E-state index contributed by atoms with van der Waals surface area (Å²) >= 11 is 0. The highest BCUT2D eigenvalue weighted by molar-refractivity contribution is 6.82. The van der Waals surface area contributed by atoms with Crippen molar-refractivity contribution in [1.29, 1.82) is 0 Å². The molecule has 0 amide bonds. The minimum absolute atomic E-state index is 0.0540. The van der Waals surface area contributed by atoms with Gasteiger partial charge in [-0.15, -0.1) is 0 Å². The lowest BCUT2D eigenvalue weighted by atomic mass is 10.2. The standard InChI is InChI=1S/C17H26O3Si/c1-16(2,3)21(4,5)15-17(12-18,20-15)13-19-11-14-9-7-6-8-10-14/h6-10,12,15H,11,13H2,1-5H3/t15-,17-/m1/s1. The molecule has 1 saturated heterocycles. The molecule has 0 spiro atoms. The quantitative estimate of drug-likeness (QED) is 0.458. The molecule has 1 aromatic carbocycles. The molecule has 0 saturated carbocycles. The first-order chi connectivity index (χ1) is 9.73. The molecule has 0 unspecified atom stereocenters. The van der Waals surface area contributed by atoms with Crippen LogP contribution in [-0.2, 0) is 20.9 Å². The van der Waals surface area contributed by atoms with Crippen molar-refractivity contribution in [3.63, 3.8) is 0 Å². The fraction of sp³-hybridized carbons (Fsp3) is 0.588. The second-order valence-electron chi connectivity index (χ2n) is 7.52. The van der Waals surface area contributed by atoms with Crippen LogP contribution in [0.1, 0.15) is 26.3 Å². The van der Waals surface area contributed by atoms with Gasteiger partial charge in [0.25, 0.3) is 0 Å². The average molecular weight is 306 g/mol. The van der Waals surface area contributed by atoms with Crippen molar-refractivity contribution in [1.82, 2.24) is 0 Å². The molecule has 116 valence electrons. The molecule has 2 rings (SSSR count). The van der Waals surface area contributed by atoms with Crippen molar-refractivity contribution in [2.75, 3.05) is 6.61 Å². The molecule has 21 heavy (non-hydrogen) atoms. The predicted molar refractivity (Wildman–Crippen MR) is 87.0 cm³/mol. The zero-order chi connectivity index (χ0) is 15.7. The molecular weight excluding hydrogens is 280 g/mol. The fourth-order valence-electron chi connectivity index (χ4n) is 2.47. The summed E-state index contributed by atoms with van der Waals surface area (Å²) in [5.41, 5.74) is 0.457. The van der Waals surface area contributed by atoms with E-state index < -0.39 is 13.7 Å². The van der Waals surface area contributed by atoms with Crippen molar-refractivity contribution in [3.05, 3.63) is 35.9 Å². The molecule has 4 heteroatoms. The van der Waals surface area contributed by atoms with Crippen LogP contribution in [0, 0.1) is 0 Å². The molecular formula is C17H26O3Si. The number of carbonyl (C=O) groups is 1. The summed E-state index contributed by atoms with van der Waals surface area (Å²) in [6.45, 7) is 12.2. The number of ether oxygens (including phenoxy) is 2. The van der Waals surface area contributed by atoms with Crippen LogP contribution in [0.3, 0.4) is 0 Å². The van der Waals surface area contributed by atoms with Crippen molar-refractivity contribution < 1.29 is 14.3 Å². The van der Waals surface area contributed by atoms with Crippen molar-refractivity contribution in [2.24, 2.45) is 0 Å². The van der Waals surface area contributed by atoms with Gasteiger partial charge < -0.3 is 9.47 Å². The van der Waals surface area contributed by atoms with Gasteiger partial charge in [0.1, 0.15) is 0 Å². The molecule has 0 aromatic heterocycles. The Morgan fingerprint density at radius 2 is 1.90 bits per heavy atom. The van der Waals surface area contributed by atoms with Crippen molar-refractivity contribution in [3.8, 4) is 0 Å². The van der Waals surface area contributed by atoms with Crippen LogP contribution in [0.15, 0.2) is 30.3 Å². The van der Waals surface area contributed by atoms with E-state index in [-0.39, 0.29) is 10.8 Å². The molecule has 0 N–H and O–H groups in total. The molecule has 1 aromatic rings. The third-order valence-electron chi connectivity index (χ3n) is 4.95. The van der Waals surface area contributed by atoms with E-state index in [1.807, 2.05) is 30.3 Å². The second kappa shape index (κ2) is 5.67. The molecule has 1 heterocycles. The van der Waals surface area contributed by atoms with E-state index >= 15 is 0 Å². The first-order valence-corrected chi connectivity index (χ1v) is 10.6. The Labute approximate surface area is 128 Å². The Kier molecular flexibility index (Phi) is 4.43. The van der Waals surface area contributed by atoms with Crippen LogP contribution >= 0.6 is 0 Å². The Morgan fingerprint density at radius 1 is 1.29 bits per heavy atom. The number of benzene rings is 1. The summed E-state index contributed by atoms with van der Waals surface area (Å²) in [5, 5.41) is 0.196. The monoisotopic (exact) mass is 306 g/mol. The molecule has 1 aliphatic heterocycles.